The summed E-state index contributed by atoms with van der Waals surface area (Å²) in [5.74, 6) is 1.35. The molecular formula is C24H31N5O3. The van der Waals surface area contributed by atoms with E-state index < -0.39 is 0 Å². The third-order valence-corrected chi connectivity index (χ3v) is 7.24. The summed E-state index contributed by atoms with van der Waals surface area (Å²) >= 11 is 0. The minimum absolute atomic E-state index is 0.0181. The molecule has 2 amide bonds. The van der Waals surface area contributed by atoms with Crippen LogP contribution in [0.4, 0.5) is 0 Å². The summed E-state index contributed by atoms with van der Waals surface area (Å²) in [6, 6.07) is 1.89. The van der Waals surface area contributed by atoms with Crippen LogP contribution in [0, 0.1) is 18.8 Å². The highest BCUT2D eigenvalue weighted by Gasteiger charge is 2.55. The Morgan fingerprint density at radius 1 is 1.28 bits per heavy atom. The van der Waals surface area contributed by atoms with Gasteiger partial charge in [-0.2, -0.15) is 5.10 Å². The van der Waals surface area contributed by atoms with E-state index in [4.69, 9.17) is 4.52 Å². The Labute approximate surface area is 187 Å². The summed E-state index contributed by atoms with van der Waals surface area (Å²) < 4.78 is 7.13. The van der Waals surface area contributed by atoms with Crippen LogP contribution in [0.2, 0.25) is 0 Å². The van der Waals surface area contributed by atoms with Crippen LogP contribution in [0.15, 0.2) is 28.4 Å². The van der Waals surface area contributed by atoms with Crippen molar-refractivity contribution < 1.29 is 14.1 Å². The second-order valence-corrected chi connectivity index (χ2v) is 10.7. The third-order valence-electron chi connectivity index (χ3n) is 7.24. The lowest BCUT2D eigenvalue weighted by Crippen LogP contribution is -2.48. The summed E-state index contributed by atoms with van der Waals surface area (Å²) in [5, 5.41) is 15.2. The SMILES string of the molecule is CC(=O)NC12CC=C3CC(NC(=O)c4cnn(C(C)(C)C)c4-c4cc(C)on4)C(C1)C3C2. The molecule has 0 aliphatic heterocycles. The van der Waals surface area contributed by atoms with Gasteiger partial charge >= 0.3 is 0 Å². The first kappa shape index (κ1) is 21.0. The van der Waals surface area contributed by atoms with Crippen molar-refractivity contribution in [2.24, 2.45) is 11.8 Å². The molecule has 2 N–H and O–H groups in total. The zero-order chi connectivity index (χ0) is 22.8. The lowest BCUT2D eigenvalue weighted by Gasteiger charge is -2.34. The van der Waals surface area contributed by atoms with Crippen molar-refractivity contribution >= 4 is 11.8 Å². The number of rotatable bonds is 4. The molecule has 3 aliphatic rings. The highest BCUT2D eigenvalue weighted by atomic mass is 16.5. The van der Waals surface area contributed by atoms with E-state index in [0.29, 0.717) is 34.5 Å². The fraction of sp³-hybridized carbons (Fsp3) is 0.583. The van der Waals surface area contributed by atoms with Crippen molar-refractivity contribution in [1.29, 1.82) is 0 Å². The van der Waals surface area contributed by atoms with Crippen LogP contribution >= 0.6 is 0 Å². The topological polar surface area (TPSA) is 102 Å². The van der Waals surface area contributed by atoms with Crippen LogP contribution in [-0.2, 0) is 10.3 Å². The Kier molecular flexibility index (Phi) is 4.62. The van der Waals surface area contributed by atoms with E-state index in [9.17, 15) is 9.59 Å². The highest BCUT2D eigenvalue weighted by molar-refractivity contribution is 5.99. The number of hydrogen-bond acceptors (Lipinski definition) is 5. The highest BCUT2D eigenvalue weighted by Crippen LogP contribution is 2.56. The van der Waals surface area contributed by atoms with Gasteiger partial charge in [0.05, 0.1) is 17.3 Å². The molecule has 0 aromatic carbocycles. The monoisotopic (exact) mass is 437 g/mol. The van der Waals surface area contributed by atoms with Crippen LogP contribution in [-0.4, -0.2) is 38.3 Å². The number of nitrogens with one attached hydrogen (secondary N) is 2. The average molecular weight is 438 g/mol. The summed E-state index contributed by atoms with van der Waals surface area (Å²) in [4.78, 5) is 25.3. The van der Waals surface area contributed by atoms with Crippen molar-refractivity contribution in [2.45, 2.75) is 77.4 Å². The van der Waals surface area contributed by atoms with Gasteiger partial charge in [-0.1, -0.05) is 16.8 Å². The fourth-order valence-electron chi connectivity index (χ4n) is 6.04. The van der Waals surface area contributed by atoms with E-state index in [1.54, 1.807) is 13.1 Å². The molecule has 170 valence electrons. The van der Waals surface area contributed by atoms with Gasteiger partial charge in [0.1, 0.15) is 17.1 Å². The minimum Gasteiger partial charge on any atom is -0.361 e. The molecule has 3 aliphatic carbocycles. The van der Waals surface area contributed by atoms with Gasteiger partial charge in [-0.3, -0.25) is 14.3 Å². The van der Waals surface area contributed by atoms with Crippen molar-refractivity contribution in [3.05, 3.63) is 35.2 Å². The Balaban J connectivity index is 1.42. The molecule has 5 rings (SSSR count). The Hall–Kier alpha value is -2.90. The number of amides is 2. The Bertz CT molecular complexity index is 1120. The maximum Gasteiger partial charge on any atom is 0.255 e. The molecule has 2 fully saturated rings. The second-order valence-electron chi connectivity index (χ2n) is 10.7. The number of aryl methyl sites for hydroxylation is 1. The average Bonchev–Trinajstić information content (AvgIpc) is 3.41. The zero-order valence-electron chi connectivity index (χ0n) is 19.4. The van der Waals surface area contributed by atoms with E-state index in [1.165, 1.54) is 5.57 Å². The first-order valence-electron chi connectivity index (χ1n) is 11.4. The van der Waals surface area contributed by atoms with E-state index in [1.807, 2.05) is 38.4 Å². The summed E-state index contributed by atoms with van der Waals surface area (Å²) in [6.45, 7) is 9.55. The predicted molar refractivity (Wildman–Crippen MR) is 119 cm³/mol. The normalized spacial score (nSPS) is 28.5. The summed E-state index contributed by atoms with van der Waals surface area (Å²) in [5.41, 5.74) is 2.73. The molecule has 2 saturated carbocycles. The molecule has 32 heavy (non-hydrogen) atoms. The van der Waals surface area contributed by atoms with Crippen LogP contribution in [0.3, 0.4) is 0 Å². The van der Waals surface area contributed by atoms with Gasteiger partial charge in [-0.15, -0.1) is 0 Å². The van der Waals surface area contributed by atoms with Crippen LogP contribution in [0.25, 0.3) is 11.4 Å². The van der Waals surface area contributed by atoms with Gasteiger partial charge in [-0.05, 0) is 65.2 Å². The molecule has 4 unspecified atom stereocenters. The number of hydrogen-bond donors (Lipinski definition) is 2. The zero-order valence-corrected chi connectivity index (χ0v) is 19.4. The maximum atomic E-state index is 13.5. The van der Waals surface area contributed by atoms with Gasteiger partial charge < -0.3 is 15.2 Å². The molecule has 0 radical (unpaired) electrons. The molecular weight excluding hydrogens is 406 g/mol. The molecule has 2 bridgehead atoms. The lowest BCUT2D eigenvalue weighted by molar-refractivity contribution is -0.120. The van der Waals surface area contributed by atoms with Gasteiger partial charge in [0, 0.05) is 24.6 Å². The largest absolute Gasteiger partial charge is 0.361 e. The summed E-state index contributed by atoms with van der Waals surface area (Å²) in [6.07, 6.45) is 7.56. The van der Waals surface area contributed by atoms with E-state index in [2.05, 4.69) is 27.0 Å². The van der Waals surface area contributed by atoms with Gasteiger partial charge in [-0.25, -0.2) is 0 Å². The molecule has 8 nitrogen and oxygen atoms in total. The van der Waals surface area contributed by atoms with E-state index in [-0.39, 0.29) is 28.9 Å². The number of nitrogens with zero attached hydrogens (tertiary/aromatic N) is 3. The molecule has 2 aromatic heterocycles. The molecule has 8 heteroatoms. The van der Waals surface area contributed by atoms with E-state index in [0.717, 1.165) is 25.7 Å². The third kappa shape index (κ3) is 3.36. The first-order valence-corrected chi connectivity index (χ1v) is 11.4. The van der Waals surface area contributed by atoms with E-state index >= 15 is 0 Å². The first-order chi connectivity index (χ1) is 15.1. The molecule has 0 spiro atoms. The smallest absolute Gasteiger partial charge is 0.255 e. The molecule has 0 saturated heterocycles. The standard InChI is InChI=1S/C24H31N5O3/c1-13-8-20(28-32-13)21-18(12-25-29(21)23(3,4)5)22(31)26-19-9-15-6-7-24(27-14(2)30)10-16(15)17(19)11-24/h6,8,12,16-17,19H,7,9-11H2,1-5H3,(H,26,31)(H,27,30). The Morgan fingerprint density at radius 2 is 2.06 bits per heavy atom. The van der Waals surface area contributed by atoms with Gasteiger partial charge in [0.2, 0.25) is 5.91 Å². The number of aromatic nitrogens is 3. The second kappa shape index (κ2) is 7.05. The quantitative estimate of drug-likeness (QED) is 0.715. The maximum absolute atomic E-state index is 13.5. The van der Waals surface area contributed by atoms with Crippen LogP contribution < -0.4 is 10.6 Å². The van der Waals surface area contributed by atoms with Gasteiger partial charge in [0.25, 0.3) is 5.91 Å². The Morgan fingerprint density at radius 3 is 2.72 bits per heavy atom. The molecule has 4 atom stereocenters. The van der Waals surface area contributed by atoms with Crippen molar-refractivity contribution in [1.82, 2.24) is 25.6 Å². The number of fused-ring (bicyclic) bond motifs is 1. The van der Waals surface area contributed by atoms with Crippen molar-refractivity contribution in [3.8, 4) is 11.4 Å². The minimum atomic E-state index is -0.320. The van der Waals surface area contributed by atoms with Crippen molar-refractivity contribution in [3.63, 3.8) is 0 Å². The molecule has 2 heterocycles. The predicted octanol–water partition coefficient (Wildman–Crippen LogP) is 3.33. The lowest BCUT2D eigenvalue weighted by atomic mass is 9.83. The van der Waals surface area contributed by atoms with Crippen LogP contribution in [0.5, 0.6) is 0 Å². The van der Waals surface area contributed by atoms with Crippen molar-refractivity contribution in [2.75, 3.05) is 0 Å². The van der Waals surface area contributed by atoms with Crippen LogP contribution in [0.1, 0.15) is 69.5 Å². The summed E-state index contributed by atoms with van der Waals surface area (Å²) in [7, 11) is 0. The molecule has 2 aromatic rings. The number of carbonyl (C=O) groups is 2. The van der Waals surface area contributed by atoms with Gasteiger partial charge in [0.15, 0.2) is 0 Å². The number of carbonyl (C=O) groups excluding carboxylic acids is 2. The fourth-order valence-corrected chi connectivity index (χ4v) is 6.04.